The van der Waals surface area contributed by atoms with Crippen molar-refractivity contribution in [3.05, 3.63) is 36.3 Å². The Hall–Kier alpha value is -2.59. The molecule has 1 aliphatic heterocycles. The van der Waals surface area contributed by atoms with E-state index in [0.29, 0.717) is 63.6 Å². The van der Waals surface area contributed by atoms with E-state index in [9.17, 15) is 13.2 Å². The first kappa shape index (κ1) is 23.1. The highest BCUT2D eigenvalue weighted by Crippen LogP contribution is 2.28. The fourth-order valence-corrected chi connectivity index (χ4v) is 4.97. The number of H-pyrrole nitrogens is 1. The van der Waals surface area contributed by atoms with E-state index in [1.165, 1.54) is 16.8 Å². The van der Waals surface area contributed by atoms with Crippen LogP contribution in [-0.2, 0) is 21.2 Å². The van der Waals surface area contributed by atoms with E-state index in [1.54, 1.807) is 0 Å². The van der Waals surface area contributed by atoms with Gasteiger partial charge in [-0.2, -0.15) is 4.31 Å². The van der Waals surface area contributed by atoms with Crippen LogP contribution in [0.3, 0.4) is 0 Å². The van der Waals surface area contributed by atoms with E-state index in [4.69, 9.17) is 9.47 Å². The number of imidazole rings is 1. The molecule has 2 N–H and O–H groups in total. The molecule has 170 valence electrons. The average Bonchev–Trinajstić information content (AvgIpc) is 3.32. The third-order valence-corrected chi connectivity index (χ3v) is 7.06. The first-order valence-electron chi connectivity index (χ1n) is 10.6. The molecule has 9 nitrogen and oxygen atoms in total. The van der Waals surface area contributed by atoms with Crippen LogP contribution in [0, 0.1) is 5.92 Å². The summed E-state index contributed by atoms with van der Waals surface area (Å²) in [5, 5.41) is 3.06. The highest BCUT2D eigenvalue weighted by atomic mass is 32.2. The Kier molecular flexibility index (Phi) is 7.91. The molecule has 1 amide bonds. The van der Waals surface area contributed by atoms with E-state index in [2.05, 4.69) is 15.3 Å². The number of hydrogen-bond acceptors (Lipinski definition) is 6. The van der Waals surface area contributed by atoms with Gasteiger partial charge in [0.15, 0.2) is 16.5 Å². The number of nitrogens with zero attached hydrogens (tertiary/aromatic N) is 2. The van der Waals surface area contributed by atoms with Crippen molar-refractivity contribution >= 4 is 15.9 Å². The maximum Gasteiger partial charge on any atom is 0.260 e. The standard InChI is InChI=1S/C21H30N4O5S/c1-3-29-18-6-5-16(13-19(18)30-4-2)7-10-23-21(26)17-8-11-25(12-9-17)31(27,28)20-14-22-15-24-20/h5-6,13-15,17H,3-4,7-12H2,1-2H3,(H,22,24)(H,23,26). The summed E-state index contributed by atoms with van der Waals surface area (Å²) >= 11 is 0. The Morgan fingerprint density at radius 2 is 1.90 bits per heavy atom. The van der Waals surface area contributed by atoms with Crippen molar-refractivity contribution in [3.8, 4) is 11.5 Å². The number of nitrogens with one attached hydrogen (secondary N) is 2. The van der Waals surface area contributed by atoms with Gasteiger partial charge in [-0.15, -0.1) is 0 Å². The normalized spacial score (nSPS) is 15.5. The third-order valence-electron chi connectivity index (χ3n) is 5.24. The molecule has 0 aliphatic carbocycles. The van der Waals surface area contributed by atoms with Gasteiger partial charge in [-0.3, -0.25) is 4.79 Å². The van der Waals surface area contributed by atoms with Crippen LogP contribution in [0.25, 0.3) is 0 Å². The first-order chi connectivity index (χ1) is 15.0. The largest absolute Gasteiger partial charge is 0.490 e. The highest BCUT2D eigenvalue weighted by Gasteiger charge is 2.32. The summed E-state index contributed by atoms with van der Waals surface area (Å²) in [5.41, 5.74) is 1.05. The van der Waals surface area contributed by atoms with E-state index >= 15 is 0 Å². The maximum absolute atomic E-state index is 12.5. The second-order valence-electron chi connectivity index (χ2n) is 7.28. The van der Waals surface area contributed by atoms with E-state index in [0.717, 1.165) is 5.56 Å². The second-order valence-corrected chi connectivity index (χ2v) is 9.19. The van der Waals surface area contributed by atoms with Crippen molar-refractivity contribution in [1.82, 2.24) is 19.6 Å². The zero-order chi connectivity index (χ0) is 22.3. The summed E-state index contributed by atoms with van der Waals surface area (Å²) in [6.07, 6.45) is 4.31. The van der Waals surface area contributed by atoms with Crippen LogP contribution >= 0.6 is 0 Å². The summed E-state index contributed by atoms with van der Waals surface area (Å²) in [4.78, 5) is 19.0. The van der Waals surface area contributed by atoms with E-state index in [-0.39, 0.29) is 16.9 Å². The molecule has 0 radical (unpaired) electrons. The molecule has 0 unspecified atom stereocenters. The van der Waals surface area contributed by atoms with Gasteiger partial charge in [-0.05, 0) is 50.8 Å². The fraction of sp³-hybridized carbons (Fsp3) is 0.524. The van der Waals surface area contributed by atoms with Crippen molar-refractivity contribution in [3.63, 3.8) is 0 Å². The van der Waals surface area contributed by atoms with Gasteiger partial charge in [0.1, 0.15) is 0 Å². The topological polar surface area (TPSA) is 114 Å². The number of hydrogen-bond donors (Lipinski definition) is 2. The number of piperidine rings is 1. The lowest BCUT2D eigenvalue weighted by molar-refractivity contribution is -0.126. The Bertz CT molecular complexity index is 954. The zero-order valence-corrected chi connectivity index (χ0v) is 18.8. The zero-order valence-electron chi connectivity index (χ0n) is 18.0. The van der Waals surface area contributed by atoms with Crippen LogP contribution in [0.4, 0.5) is 0 Å². The molecule has 3 rings (SSSR count). The molecule has 0 atom stereocenters. The van der Waals surface area contributed by atoms with Crippen LogP contribution in [0.5, 0.6) is 11.5 Å². The highest BCUT2D eigenvalue weighted by molar-refractivity contribution is 7.89. The third kappa shape index (κ3) is 5.76. The summed E-state index contributed by atoms with van der Waals surface area (Å²) in [7, 11) is -3.58. The quantitative estimate of drug-likeness (QED) is 0.572. The lowest BCUT2D eigenvalue weighted by atomic mass is 9.97. The van der Waals surface area contributed by atoms with Crippen LogP contribution in [-0.4, -0.2) is 61.4 Å². The van der Waals surface area contributed by atoms with E-state index in [1.807, 2.05) is 32.0 Å². The van der Waals surface area contributed by atoms with Crippen molar-refractivity contribution < 1.29 is 22.7 Å². The Morgan fingerprint density at radius 3 is 2.55 bits per heavy atom. The monoisotopic (exact) mass is 450 g/mol. The molecule has 0 bridgehead atoms. The molecule has 31 heavy (non-hydrogen) atoms. The van der Waals surface area contributed by atoms with Crippen LogP contribution in [0.1, 0.15) is 32.3 Å². The number of aromatic amines is 1. The molecule has 2 heterocycles. The fourth-order valence-electron chi connectivity index (χ4n) is 3.61. The van der Waals surface area contributed by atoms with Gasteiger partial charge < -0.3 is 19.8 Å². The van der Waals surface area contributed by atoms with Gasteiger partial charge >= 0.3 is 0 Å². The van der Waals surface area contributed by atoms with Gasteiger partial charge in [0.25, 0.3) is 10.0 Å². The lowest BCUT2D eigenvalue weighted by Crippen LogP contribution is -2.43. The molecule has 2 aromatic rings. The number of carbonyl (C=O) groups is 1. The summed E-state index contributed by atoms with van der Waals surface area (Å²) in [5.74, 6) is 1.20. The molecule has 1 aromatic heterocycles. The minimum absolute atomic E-state index is 0.0328. The second kappa shape index (κ2) is 10.6. The number of ether oxygens (including phenoxy) is 2. The van der Waals surface area contributed by atoms with Crippen molar-refractivity contribution in [2.45, 2.75) is 38.1 Å². The number of carbonyl (C=O) groups excluding carboxylic acids is 1. The van der Waals surface area contributed by atoms with Gasteiger partial charge in [0.2, 0.25) is 5.91 Å². The predicted molar refractivity (Wildman–Crippen MR) is 116 cm³/mol. The molecule has 1 aromatic carbocycles. The Balaban J connectivity index is 1.47. The minimum atomic E-state index is -3.58. The number of rotatable bonds is 10. The SMILES string of the molecule is CCOc1ccc(CCNC(=O)C2CCN(S(=O)(=O)c3cnc[nH]3)CC2)cc1OCC. The molecule has 1 aliphatic rings. The number of sulfonamides is 1. The van der Waals surface area contributed by atoms with Crippen LogP contribution in [0.15, 0.2) is 35.7 Å². The van der Waals surface area contributed by atoms with Gasteiger partial charge in [0, 0.05) is 25.6 Å². The molecule has 1 fully saturated rings. The first-order valence-corrected chi connectivity index (χ1v) is 12.0. The molecule has 0 spiro atoms. The molecular weight excluding hydrogens is 420 g/mol. The maximum atomic E-state index is 12.5. The summed E-state index contributed by atoms with van der Waals surface area (Å²) in [6, 6.07) is 5.80. The van der Waals surface area contributed by atoms with Crippen molar-refractivity contribution in [1.29, 1.82) is 0 Å². The lowest BCUT2D eigenvalue weighted by Gasteiger charge is -2.30. The van der Waals surface area contributed by atoms with Gasteiger partial charge in [-0.1, -0.05) is 6.07 Å². The summed E-state index contributed by atoms with van der Waals surface area (Å²) < 4.78 is 37.7. The average molecular weight is 451 g/mol. The number of benzene rings is 1. The van der Waals surface area contributed by atoms with Crippen molar-refractivity contribution in [2.75, 3.05) is 32.8 Å². The van der Waals surface area contributed by atoms with Crippen LogP contribution in [0.2, 0.25) is 0 Å². The Morgan fingerprint density at radius 1 is 1.19 bits per heavy atom. The predicted octanol–water partition coefficient (Wildman–Crippen LogP) is 1.97. The number of amides is 1. The van der Waals surface area contributed by atoms with Gasteiger partial charge in [-0.25, -0.2) is 13.4 Å². The molecule has 10 heteroatoms. The molecular formula is C21H30N4O5S. The van der Waals surface area contributed by atoms with Gasteiger partial charge in [0.05, 0.1) is 25.7 Å². The molecule has 1 saturated heterocycles. The van der Waals surface area contributed by atoms with E-state index < -0.39 is 10.0 Å². The van der Waals surface area contributed by atoms with Crippen LogP contribution < -0.4 is 14.8 Å². The smallest absolute Gasteiger partial charge is 0.260 e. The van der Waals surface area contributed by atoms with Crippen molar-refractivity contribution in [2.24, 2.45) is 5.92 Å². The number of aromatic nitrogens is 2. The molecule has 0 saturated carbocycles. The Labute approximate surface area is 183 Å². The minimum Gasteiger partial charge on any atom is -0.490 e. The summed E-state index contributed by atoms with van der Waals surface area (Å²) in [6.45, 7) is 6.11.